The van der Waals surface area contributed by atoms with Crippen LogP contribution in [-0.2, 0) is 0 Å². The zero-order valence-corrected chi connectivity index (χ0v) is 12.3. The quantitative estimate of drug-likeness (QED) is 0.761. The average Bonchev–Trinajstić information content (AvgIpc) is 2.69. The fraction of sp³-hybridized carbons (Fsp3) is 0.588. The minimum Gasteiger partial charge on any atom is -0.303 e. The van der Waals surface area contributed by atoms with Crippen LogP contribution >= 0.6 is 0 Å². The smallest absolute Gasteiger partial charge is 0.164 e. The van der Waals surface area contributed by atoms with Crippen LogP contribution in [0.25, 0.3) is 0 Å². The van der Waals surface area contributed by atoms with Crippen molar-refractivity contribution < 1.29 is 9.18 Å². The van der Waals surface area contributed by atoms with Crippen LogP contribution < -0.4 is 0 Å². The predicted molar refractivity (Wildman–Crippen MR) is 79.4 cm³/mol. The van der Waals surface area contributed by atoms with Gasteiger partial charge in [0.2, 0.25) is 0 Å². The first-order valence-corrected chi connectivity index (χ1v) is 7.70. The maximum absolute atomic E-state index is 13.1. The van der Waals surface area contributed by atoms with E-state index in [0.29, 0.717) is 12.0 Å². The molecule has 1 atom stereocenters. The van der Waals surface area contributed by atoms with E-state index in [1.807, 2.05) is 0 Å². The number of benzene rings is 1. The van der Waals surface area contributed by atoms with Crippen molar-refractivity contribution in [2.45, 2.75) is 39.0 Å². The molecule has 1 saturated heterocycles. The van der Waals surface area contributed by atoms with Gasteiger partial charge in [-0.3, -0.25) is 4.79 Å². The zero-order valence-electron chi connectivity index (χ0n) is 12.3. The van der Waals surface area contributed by atoms with Crippen molar-refractivity contribution in [1.82, 2.24) is 4.90 Å². The molecule has 110 valence electrons. The Balaban J connectivity index is 1.81. The molecule has 1 aliphatic heterocycles. The van der Waals surface area contributed by atoms with Gasteiger partial charge in [0.05, 0.1) is 0 Å². The zero-order chi connectivity index (χ0) is 14.4. The van der Waals surface area contributed by atoms with Crippen molar-refractivity contribution in [1.29, 1.82) is 0 Å². The highest BCUT2D eigenvalue weighted by Crippen LogP contribution is 2.20. The van der Waals surface area contributed by atoms with Gasteiger partial charge in [-0.2, -0.15) is 0 Å². The number of ketones is 1. The molecule has 3 heteroatoms. The Hall–Kier alpha value is -1.22. The number of rotatable bonds is 5. The summed E-state index contributed by atoms with van der Waals surface area (Å²) in [5.41, 5.74) is 0.492. The molecule has 1 unspecified atom stereocenters. The number of halogens is 1. The summed E-state index contributed by atoms with van der Waals surface area (Å²) in [5.74, 6) is 0.552. The van der Waals surface area contributed by atoms with Gasteiger partial charge in [0.1, 0.15) is 5.82 Å². The minimum absolute atomic E-state index is 0.0424. The Labute approximate surface area is 121 Å². The third-order valence-corrected chi connectivity index (χ3v) is 4.32. The molecule has 1 aromatic carbocycles. The summed E-state index contributed by atoms with van der Waals surface area (Å²) in [6.45, 7) is 5.24. The van der Waals surface area contributed by atoms with E-state index in [-0.39, 0.29) is 11.6 Å². The molecular formula is C17H24FNO. The van der Waals surface area contributed by atoms with Crippen LogP contribution in [0.3, 0.4) is 0 Å². The van der Waals surface area contributed by atoms with E-state index >= 15 is 0 Å². The number of carbonyl (C=O) groups is 1. The molecule has 0 radical (unpaired) electrons. The molecular weight excluding hydrogens is 253 g/mol. The summed E-state index contributed by atoms with van der Waals surface area (Å²) < 4.78 is 13.1. The monoisotopic (exact) mass is 277 g/mol. The molecule has 0 saturated carbocycles. The number of hydrogen-bond acceptors (Lipinski definition) is 2. The molecule has 1 aliphatic rings. The molecule has 0 aliphatic carbocycles. The number of Topliss-reactive ketones (excluding diaryl/α,β-unsaturated/α-hetero) is 1. The maximum atomic E-state index is 13.1. The van der Waals surface area contributed by atoms with Crippen molar-refractivity contribution >= 4 is 5.78 Å². The highest BCUT2D eigenvalue weighted by Gasteiger charge is 2.16. The number of hydrogen-bond donors (Lipinski definition) is 0. The summed E-state index contributed by atoms with van der Waals surface area (Å²) in [7, 11) is 0. The average molecular weight is 277 g/mol. The Morgan fingerprint density at radius 3 is 2.95 bits per heavy atom. The lowest BCUT2D eigenvalue weighted by Crippen LogP contribution is -2.27. The van der Waals surface area contributed by atoms with Crippen LogP contribution in [0.15, 0.2) is 24.3 Å². The summed E-state index contributed by atoms with van der Waals surface area (Å²) in [6.07, 6.45) is 5.53. The molecule has 0 bridgehead atoms. The number of likely N-dealkylation sites (tertiary alicyclic amines) is 1. The first-order chi connectivity index (χ1) is 9.69. The molecule has 1 aromatic rings. The van der Waals surface area contributed by atoms with Crippen molar-refractivity contribution in [3.63, 3.8) is 0 Å². The second-order valence-electron chi connectivity index (χ2n) is 5.73. The van der Waals surface area contributed by atoms with Crippen molar-refractivity contribution in [2.24, 2.45) is 5.92 Å². The Kier molecular flexibility index (Phi) is 5.72. The van der Waals surface area contributed by atoms with Gasteiger partial charge >= 0.3 is 0 Å². The lowest BCUT2D eigenvalue weighted by molar-refractivity contribution is 0.0964. The summed E-state index contributed by atoms with van der Waals surface area (Å²) in [4.78, 5) is 14.4. The topological polar surface area (TPSA) is 20.3 Å². The molecule has 2 rings (SSSR count). The highest BCUT2D eigenvalue weighted by atomic mass is 19.1. The lowest BCUT2D eigenvalue weighted by atomic mass is 9.98. The highest BCUT2D eigenvalue weighted by molar-refractivity contribution is 5.96. The largest absolute Gasteiger partial charge is 0.303 e. The maximum Gasteiger partial charge on any atom is 0.164 e. The van der Waals surface area contributed by atoms with Gasteiger partial charge in [0.25, 0.3) is 0 Å². The molecule has 0 spiro atoms. The number of carbonyl (C=O) groups excluding carboxylic acids is 1. The molecule has 2 nitrogen and oxygen atoms in total. The van der Waals surface area contributed by atoms with E-state index in [2.05, 4.69) is 11.8 Å². The van der Waals surface area contributed by atoms with Gasteiger partial charge in [0, 0.05) is 18.5 Å². The van der Waals surface area contributed by atoms with Gasteiger partial charge in [-0.1, -0.05) is 25.5 Å². The van der Waals surface area contributed by atoms with Gasteiger partial charge in [-0.05, 0) is 50.4 Å². The van der Waals surface area contributed by atoms with Crippen LogP contribution in [-0.4, -0.2) is 30.3 Å². The third kappa shape index (κ3) is 4.41. The standard InChI is InChI=1S/C17H24FNO/c1-2-14-5-4-10-19(11-8-14)12-9-17(20)15-6-3-7-16(18)13-15/h3,6-7,13-14H,2,4-5,8-12H2,1H3. The van der Waals surface area contributed by atoms with E-state index in [9.17, 15) is 9.18 Å². The van der Waals surface area contributed by atoms with Crippen molar-refractivity contribution in [3.05, 3.63) is 35.6 Å². The summed E-state index contributed by atoms with van der Waals surface area (Å²) >= 11 is 0. The normalized spacial score (nSPS) is 20.6. The fourth-order valence-corrected chi connectivity index (χ4v) is 2.92. The van der Waals surface area contributed by atoms with Crippen molar-refractivity contribution in [3.8, 4) is 0 Å². The molecule has 20 heavy (non-hydrogen) atoms. The van der Waals surface area contributed by atoms with Gasteiger partial charge in [0.15, 0.2) is 5.78 Å². The Bertz CT molecular complexity index is 446. The van der Waals surface area contributed by atoms with Crippen LogP contribution in [0, 0.1) is 11.7 Å². The fourth-order valence-electron chi connectivity index (χ4n) is 2.92. The molecule has 0 N–H and O–H groups in total. The van der Waals surface area contributed by atoms with Crippen LogP contribution in [0.1, 0.15) is 49.4 Å². The van der Waals surface area contributed by atoms with Crippen LogP contribution in [0.4, 0.5) is 4.39 Å². The minimum atomic E-state index is -0.337. The van der Waals surface area contributed by atoms with Gasteiger partial charge in [-0.25, -0.2) is 4.39 Å². The molecule has 1 fully saturated rings. The van der Waals surface area contributed by atoms with Crippen LogP contribution in [0.5, 0.6) is 0 Å². The SMILES string of the molecule is CCC1CCCN(CCC(=O)c2cccc(F)c2)CC1. The second kappa shape index (κ2) is 7.53. The Morgan fingerprint density at radius 1 is 1.35 bits per heavy atom. The molecule has 0 aromatic heterocycles. The van der Waals surface area contributed by atoms with E-state index in [0.717, 1.165) is 25.6 Å². The summed E-state index contributed by atoms with van der Waals surface area (Å²) in [6, 6.07) is 6.00. The second-order valence-corrected chi connectivity index (χ2v) is 5.73. The van der Waals surface area contributed by atoms with E-state index in [4.69, 9.17) is 0 Å². The predicted octanol–water partition coefficient (Wildman–Crippen LogP) is 3.91. The Morgan fingerprint density at radius 2 is 2.20 bits per heavy atom. The van der Waals surface area contributed by atoms with E-state index in [1.54, 1.807) is 12.1 Å². The number of nitrogens with zero attached hydrogens (tertiary/aromatic N) is 1. The first kappa shape index (κ1) is 15.2. The third-order valence-electron chi connectivity index (χ3n) is 4.32. The first-order valence-electron chi connectivity index (χ1n) is 7.70. The van der Waals surface area contributed by atoms with Crippen molar-refractivity contribution in [2.75, 3.05) is 19.6 Å². The van der Waals surface area contributed by atoms with E-state index in [1.165, 1.54) is 37.8 Å². The van der Waals surface area contributed by atoms with Gasteiger partial charge < -0.3 is 4.90 Å². The molecule has 1 heterocycles. The van der Waals surface area contributed by atoms with E-state index < -0.39 is 0 Å². The van der Waals surface area contributed by atoms with Crippen LogP contribution in [0.2, 0.25) is 0 Å². The lowest BCUT2D eigenvalue weighted by Gasteiger charge is -2.19. The molecule has 0 amide bonds. The summed E-state index contributed by atoms with van der Waals surface area (Å²) in [5, 5.41) is 0. The van der Waals surface area contributed by atoms with Gasteiger partial charge in [-0.15, -0.1) is 0 Å².